The van der Waals surface area contributed by atoms with E-state index in [0.29, 0.717) is 17.1 Å². The smallest absolute Gasteiger partial charge is 0.297 e. The minimum Gasteiger partial charge on any atom is -0.497 e. The van der Waals surface area contributed by atoms with E-state index in [1.165, 1.54) is 44.9 Å². The molecule has 0 saturated heterocycles. The number of tetrazole rings is 1. The van der Waals surface area contributed by atoms with Crippen LogP contribution in [0.2, 0.25) is 0 Å². The Balaban J connectivity index is 1.36. The third-order valence-electron chi connectivity index (χ3n) is 6.95. The number of fused-ring (bicyclic) bond motifs is 1. The lowest BCUT2D eigenvalue weighted by atomic mass is 9.73. The third-order valence-corrected chi connectivity index (χ3v) is 6.95. The molecule has 2 aromatic heterocycles. The van der Waals surface area contributed by atoms with Crippen molar-refractivity contribution in [1.82, 2.24) is 20.6 Å². The van der Waals surface area contributed by atoms with E-state index >= 15 is 0 Å². The summed E-state index contributed by atoms with van der Waals surface area (Å²) in [5.41, 5.74) is 0.565. The van der Waals surface area contributed by atoms with Gasteiger partial charge >= 0.3 is 0 Å². The highest BCUT2D eigenvalue weighted by Crippen LogP contribution is 2.41. The molecule has 2 N–H and O–H groups in total. The Labute approximate surface area is 186 Å². The molecular formula is C23H29N5O4. The second kappa shape index (κ2) is 9.18. The standard InChI is InChI=1S/C23H29N5O4/c1-30-17-11-12-19-18(13-17)20(21(32-19)22(29)24-23-25-27-28-26-23)31-16-9-7-15(8-10-16)14-5-3-2-4-6-14/h11-16H,2-10H2,1H3,(H2,24,25,26,27,28,29). The molecule has 9 nitrogen and oxygen atoms in total. The molecule has 32 heavy (non-hydrogen) atoms. The Morgan fingerprint density at radius 1 is 1.09 bits per heavy atom. The quantitative estimate of drug-likeness (QED) is 0.571. The third kappa shape index (κ3) is 4.28. The Bertz CT molecular complexity index is 1050. The Morgan fingerprint density at radius 3 is 2.59 bits per heavy atom. The first kappa shape index (κ1) is 20.8. The zero-order valence-corrected chi connectivity index (χ0v) is 18.3. The van der Waals surface area contributed by atoms with Crippen molar-refractivity contribution >= 4 is 22.8 Å². The number of hydrogen-bond acceptors (Lipinski definition) is 7. The van der Waals surface area contributed by atoms with E-state index in [1.807, 2.05) is 6.07 Å². The Hall–Kier alpha value is -3.10. The monoisotopic (exact) mass is 439 g/mol. The maximum atomic E-state index is 12.9. The minimum atomic E-state index is -0.479. The number of aromatic amines is 1. The number of hydrogen-bond donors (Lipinski definition) is 2. The fourth-order valence-corrected chi connectivity index (χ4v) is 5.27. The number of aromatic nitrogens is 4. The van der Waals surface area contributed by atoms with Gasteiger partial charge in [0.2, 0.25) is 5.76 Å². The van der Waals surface area contributed by atoms with E-state index in [-0.39, 0.29) is 17.8 Å². The van der Waals surface area contributed by atoms with Gasteiger partial charge in [-0.05, 0) is 60.9 Å². The highest BCUT2D eigenvalue weighted by Gasteiger charge is 2.31. The SMILES string of the molecule is COc1ccc2oc(C(=O)Nc3nn[nH]n3)c(OC3CCC(C4CCCCC4)CC3)c2c1. The van der Waals surface area contributed by atoms with Crippen LogP contribution in [0.3, 0.4) is 0 Å². The van der Waals surface area contributed by atoms with Crippen molar-refractivity contribution in [3.05, 3.63) is 24.0 Å². The summed E-state index contributed by atoms with van der Waals surface area (Å²) in [5.74, 6) is 2.50. The molecule has 170 valence electrons. The number of benzene rings is 1. The maximum Gasteiger partial charge on any atom is 0.297 e. The predicted octanol–water partition coefficient (Wildman–Crippen LogP) is 4.72. The molecule has 2 aliphatic carbocycles. The first-order valence-corrected chi connectivity index (χ1v) is 11.5. The van der Waals surface area contributed by atoms with Crippen LogP contribution >= 0.6 is 0 Å². The van der Waals surface area contributed by atoms with Gasteiger partial charge in [0, 0.05) is 0 Å². The molecule has 0 unspecified atom stereocenters. The van der Waals surface area contributed by atoms with E-state index in [1.54, 1.807) is 19.2 Å². The summed E-state index contributed by atoms with van der Waals surface area (Å²) in [6.07, 6.45) is 11.3. The lowest BCUT2D eigenvalue weighted by Gasteiger charge is -2.35. The number of rotatable bonds is 6. The first-order chi connectivity index (χ1) is 15.7. The normalized spacial score (nSPS) is 22.0. The fraction of sp³-hybridized carbons (Fsp3) is 0.565. The van der Waals surface area contributed by atoms with Crippen molar-refractivity contribution < 1.29 is 18.7 Å². The van der Waals surface area contributed by atoms with E-state index in [4.69, 9.17) is 13.9 Å². The van der Waals surface area contributed by atoms with Crippen LogP contribution in [0.15, 0.2) is 22.6 Å². The summed E-state index contributed by atoms with van der Waals surface area (Å²) in [7, 11) is 1.61. The molecule has 2 heterocycles. The zero-order chi connectivity index (χ0) is 21.9. The second-order valence-electron chi connectivity index (χ2n) is 8.86. The number of nitrogens with zero attached hydrogens (tertiary/aromatic N) is 3. The van der Waals surface area contributed by atoms with Crippen LogP contribution < -0.4 is 14.8 Å². The van der Waals surface area contributed by atoms with Gasteiger partial charge in [-0.1, -0.05) is 37.2 Å². The summed E-state index contributed by atoms with van der Waals surface area (Å²) in [6.45, 7) is 0. The molecule has 9 heteroatoms. The number of nitrogens with one attached hydrogen (secondary N) is 2. The van der Waals surface area contributed by atoms with Crippen LogP contribution in [0.4, 0.5) is 5.95 Å². The van der Waals surface area contributed by atoms with Gasteiger partial charge in [-0.25, -0.2) is 0 Å². The molecule has 0 spiro atoms. The van der Waals surface area contributed by atoms with Gasteiger partial charge < -0.3 is 13.9 Å². The number of anilines is 1. The molecule has 1 aromatic carbocycles. The average molecular weight is 440 g/mol. The number of carbonyl (C=O) groups excluding carboxylic acids is 1. The van der Waals surface area contributed by atoms with Crippen LogP contribution in [-0.2, 0) is 0 Å². The molecule has 2 aliphatic rings. The van der Waals surface area contributed by atoms with E-state index in [2.05, 4.69) is 25.9 Å². The molecule has 5 rings (SSSR count). The molecular weight excluding hydrogens is 410 g/mol. The summed E-state index contributed by atoms with van der Waals surface area (Å²) >= 11 is 0. The Morgan fingerprint density at radius 2 is 1.88 bits per heavy atom. The van der Waals surface area contributed by atoms with Crippen molar-refractivity contribution in [3.8, 4) is 11.5 Å². The molecule has 0 bridgehead atoms. The summed E-state index contributed by atoms with van der Waals surface area (Å²) in [5, 5.41) is 16.7. The lowest BCUT2D eigenvalue weighted by molar-refractivity contribution is 0.0920. The zero-order valence-electron chi connectivity index (χ0n) is 18.3. The van der Waals surface area contributed by atoms with E-state index in [0.717, 1.165) is 30.1 Å². The van der Waals surface area contributed by atoms with Crippen LogP contribution in [0.25, 0.3) is 11.0 Å². The summed E-state index contributed by atoms with van der Waals surface area (Å²) < 4.78 is 17.7. The van der Waals surface area contributed by atoms with Gasteiger partial charge in [-0.15, -0.1) is 5.10 Å². The number of carbonyl (C=O) groups is 1. The number of ether oxygens (including phenoxy) is 2. The van der Waals surface area contributed by atoms with E-state index < -0.39 is 5.91 Å². The highest BCUT2D eigenvalue weighted by molar-refractivity contribution is 6.07. The molecule has 2 saturated carbocycles. The Kier molecular flexibility index (Phi) is 5.96. The van der Waals surface area contributed by atoms with Crippen molar-refractivity contribution in [2.75, 3.05) is 12.4 Å². The van der Waals surface area contributed by atoms with Crippen LogP contribution in [0, 0.1) is 11.8 Å². The molecule has 0 atom stereocenters. The minimum absolute atomic E-state index is 0.0542. The van der Waals surface area contributed by atoms with Crippen LogP contribution in [0.5, 0.6) is 11.5 Å². The van der Waals surface area contributed by atoms with Gasteiger partial charge in [0.15, 0.2) is 5.75 Å². The summed E-state index contributed by atoms with van der Waals surface area (Å²) in [6, 6.07) is 5.42. The van der Waals surface area contributed by atoms with E-state index in [9.17, 15) is 4.79 Å². The van der Waals surface area contributed by atoms with Crippen molar-refractivity contribution in [2.24, 2.45) is 11.8 Å². The molecule has 1 amide bonds. The average Bonchev–Trinajstić information content (AvgIpc) is 3.48. The van der Waals surface area contributed by atoms with Crippen molar-refractivity contribution in [2.45, 2.75) is 63.9 Å². The van der Waals surface area contributed by atoms with Gasteiger partial charge in [-0.3, -0.25) is 10.1 Å². The van der Waals surface area contributed by atoms with Gasteiger partial charge in [0.25, 0.3) is 11.9 Å². The molecule has 3 aromatic rings. The number of H-pyrrole nitrogens is 1. The number of amides is 1. The van der Waals surface area contributed by atoms with Crippen LogP contribution in [0.1, 0.15) is 68.3 Å². The second-order valence-corrected chi connectivity index (χ2v) is 8.86. The molecule has 0 radical (unpaired) electrons. The van der Waals surface area contributed by atoms with Gasteiger partial charge in [0.1, 0.15) is 11.3 Å². The fourth-order valence-electron chi connectivity index (χ4n) is 5.27. The van der Waals surface area contributed by atoms with Gasteiger partial charge in [-0.2, -0.15) is 5.21 Å². The highest BCUT2D eigenvalue weighted by atomic mass is 16.5. The summed E-state index contributed by atoms with van der Waals surface area (Å²) in [4.78, 5) is 12.9. The van der Waals surface area contributed by atoms with Gasteiger partial charge in [0.05, 0.1) is 18.6 Å². The van der Waals surface area contributed by atoms with Crippen LogP contribution in [-0.4, -0.2) is 39.7 Å². The topological polar surface area (TPSA) is 115 Å². The maximum absolute atomic E-state index is 12.9. The predicted molar refractivity (Wildman–Crippen MR) is 118 cm³/mol. The largest absolute Gasteiger partial charge is 0.497 e. The lowest BCUT2D eigenvalue weighted by Crippen LogP contribution is -2.29. The number of methoxy groups -OCH3 is 1. The first-order valence-electron chi connectivity index (χ1n) is 11.5. The molecule has 2 fully saturated rings. The molecule has 0 aliphatic heterocycles. The van der Waals surface area contributed by atoms with Crippen molar-refractivity contribution in [1.29, 1.82) is 0 Å². The van der Waals surface area contributed by atoms with Crippen molar-refractivity contribution in [3.63, 3.8) is 0 Å². The number of furan rings is 1.